The number of hydrogen-bond donors (Lipinski definition) is 0. The Morgan fingerprint density at radius 2 is 0.962 bits per heavy atom. The summed E-state index contributed by atoms with van der Waals surface area (Å²) in [5.41, 5.74) is 0. The molecule has 0 nitrogen and oxygen atoms in total. The van der Waals surface area contributed by atoms with Crippen LogP contribution in [-0.2, 0) is 0 Å². The van der Waals surface area contributed by atoms with Gasteiger partial charge in [-0.15, -0.1) is 0 Å². The van der Waals surface area contributed by atoms with Crippen molar-refractivity contribution in [2.45, 2.75) is 143 Å². The molecule has 0 fully saturated rings. The molecule has 2 atom stereocenters. The lowest BCUT2D eigenvalue weighted by atomic mass is 9.96. The summed E-state index contributed by atoms with van der Waals surface area (Å²) in [5.74, 6) is 1.87. The fraction of sp³-hybridized carbons (Fsp3) is 0.923. The van der Waals surface area contributed by atoms with E-state index in [-0.39, 0.29) is 0 Å². The summed E-state index contributed by atoms with van der Waals surface area (Å²) in [6.07, 6.45) is 30.3. The molecule has 0 bridgehead atoms. The van der Waals surface area contributed by atoms with Gasteiger partial charge in [0, 0.05) is 0 Å². The summed E-state index contributed by atoms with van der Waals surface area (Å²) in [4.78, 5) is 0. The van der Waals surface area contributed by atoms with Crippen LogP contribution in [0.4, 0.5) is 0 Å². The largest absolute Gasteiger partial charge is 0.0885 e. The zero-order valence-electron chi connectivity index (χ0n) is 19.0. The van der Waals surface area contributed by atoms with Crippen LogP contribution in [0.2, 0.25) is 0 Å². The lowest BCUT2D eigenvalue weighted by Gasteiger charge is -2.10. The van der Waals surface area contributed by atoms with E-state index in [1.807, 2.05) is 0 Å². The van der Waals surface area contributed by atoms with Gasteiger partial charge in [0.1, 0.15) is 0 Å². The standard InChI is InChI=1S/C26H52/c1-5-7-18-22-26(4)24-20-17-15-13-11-9-8-10-12-14-16-19-23-25(3)21-6-2/h14,16,25-26H,5-13,15,17-24H2,1-4H3/b16-14+. The van der Waals surface area contributed by atoms with Crippen LogP contribution in [0.15, 0.2) is 12.2 Å². The molecule has 0 N–H and O–H groups in total. The van der Waals surface area contributed by atoms with Gasteiger partial charge in [-0.25, -0.2) is 0 Å². The number of hydrogen-bond acceptors (Lipinski definition) is 0. The molecule has 0 aliphatic rings. The molecule has 0 spiro atoms. The first-order valence-corrected chi connectivity index (χ1v) is 12.4. The van der Waals surface area contributed by atoms with E-state index in [9.17, 15) is 0 Å². The fourth-order valence-corrected chi connectivity index (χ4v) is 3.96. The fourth-order valence-electron chi connectivity index (χ4n) is 3.96. The average molecular weight is 365 g/mol. The third-order valence-corrected chi connectivity index (χ3v) is 5.89. The SMILES string of the molecule is CCCCCC(C)CCCCCCCCCC/C=C/CCC(C)CCC. The lowest BCUT2D eigenvalue weighted by Crippen LogP contribution is -1.94. The molecule has 2 unspecified atom stereocenters. The van der Waals surface area contributed by atoms with Gasteiger partial charge in [0.15, 0.2) is 0 Å². The Morgan fingerprint density at radius 3 is 1.58 bits per heavy atom. The van der Waals surface area contributed by atoms with E-state index in [1.165, 1.54) is 116 Å². The van der Waals surface area contributed by atoms with Crippen molar-refractivity contribution in [1.29, 1.82) is 0 Å². The molecular weight excluding hydrogens is 312 g/mol. The molecule has 156 valence electrons. The summed E-state index contributed by atoms with van der Waals surface area (Å²) in [6, 6.07) is 0. The lowest BCUT2D eigenvalue weighted by molar-refractivity contribution is 0.436. The minimum Gasteiger partial charge on any atom is -0.0885 e. The third-order valence-electron chi connectivity index (χ3n) is 5.89. The van der Waals surface area contributed by atoms with Crippen molar-refractivity contribution in [3.8, 4) is 0 Å². The van der Waals surface area contributed by atoms with Gasteiger partial charge in [0.2, 0.25) is 0 Å². The maximum atomic E-state index is 2.45. The zero-order chi connectivity index (χ0) is 19.3. The number of unbranched alkanes of at least 4 members (excludes halogenated alkanes) is 10. The van der Waals surface area contributed by atoms with Crippen LogP contribution >= 0.6 is 0 Å². The summed E-state index contributed by atoms with van der Waals surface area (Å²) < 4.78 is 0. The van der Waals surface area contributed by atoms with E-state index >= 15 is 0 Å². The van der Waals surface area contributed by atoms with E-state index < -0.39 is 0 Å². The predicted octanol–water partition coefficient (Wildman–Crippen LogP) is 9.88. The molecule has 0 radical (unpaired) electrons. The van der Waals surface area contributed by atoms with Gasteiger partial charge in [-0.05, 0) is 37.5 Å². The Labute approximate surface area is 167 Å². The first-order valence-electron chi connectivity index (χ1n) is 12.4. The summed E-state index contributed by atoms with van der Waals surface area (Å²) in [7, 11) is 0. The van der Waals surface area contributed by atoms with Crippen molar-refractivity contribution < 1.29 is 0 Å². The molecule has 0 amide bonds. The highest BCUT2D eigenvalue weighted by Crippen LogP contribution is 2.18. The molecule has 0 aliphatic heterocycles. The summed E-state index contributed by atoms with van der Waals surface area (Å²) in [6.45, 7) is 9.45. The molecule has 0 aromatic heterocycles. The van der Waals surface area contributed by atoms with Crippen LogP contribution in [0, 0.1) is 11.8 Å². The summed E-state index contributed by atoms with van der Waals surface area (Å²) in [5, 5.41) is 0. The smallest absolute Gasteiger partial charge is 0.0348 e. The van der Waals surface area contributed by atoms with Crippen LogP contribution in [0.1, 0.15) is 143 Å². The molecule has 0 heterocycles. The van der Waals surface area contributed by atoms with Gasteiger partial charge in [-0.1, -0.05) is 130 Å². The Kier molecular flexibility index (Phi) is 20.8. The van der Waals surface area contributed by atoms with Crippen molar-refractivity contribution in [1.82, 2.24) is 0 Å². The first kappa shape index (κ1) is 25.7. The van der Waals surface area contributed by atoms with Gasteiger partial charge in [-0.3, -0.25) is 0 Å². The maximum absolute atomic E-state index is 2.45. The van der Waals surface area contributed by atoms with E-state index in [4.69, 9.17) is 0 Å². The highest BCUT2D eigenvalue weighted by atomic mass is 14.1. The molecule has 0 saturated carbocycles. The van der Waals surface area contributed by atoms with Crippen molar-refractivity contribution in [2.24, 2.45) is 11.8 Å². The second kappa shape index (κ2) is 21.0. The Bertz CT molecular complexity index is 278. The predicted molar refractivity (Wildman–Crippen MR) is 122 cm³/mol. The molecule has 26 heavy (non-hydrogen) atoms. The van der Waals surface area contributed by atoms with E-state index in [1.54, 1.807) is 0 Å². The van der Waals surface area contributed by atoms with Crippen LogP contribution in [0.5, 0.6) is 0 Å². The topological polar surface area (TPSA) is 0 Å². The summed E-state index contributed by atoms with van der Waals surface area (Å²) >= 11 is 0. The quantitative estimate of drug-likeness (QED) is 0.149. The number of rotatable bonds is 20. The van der Waals surface area contributed by atoms with Crippen molar-refractivity contribution in [2.75, 3.05) is 0 Å². The van der Waals surface area contributed by atoms with Crippen molar-refractivity contribution >= 4 is 0 Å². The van der Waals surface area contributed by atoms with Gasteiger partial charge < -0.3 is 0 Å². The highest BCUT2D eigenvalue weighted by Gasteiger charge is 2.01. The number of allylic oxidation sites excluding steroid dienone is 2. The second-order valence-electron chi connectivity index (χ2n) is 8.95. The molecule has 0 aromatic rings. The van der Waals surface area contributed by atoms with E-state index in [0.29, 0.717) is 0 Å². The molecule has 0 rings (SSSR count). The Balaban J connectivity index is 3.19. The Hall–Kier alpha value is -0.260. The molecule has 0 aromatic carbocycles. The van der Waals surface area contributed by atoms with Crippen LogP contribution in [0.3, 0.4) is 0 Å². The molecule has 0 aliphatic carbocycles. The van der Waals surface area contributed by atoms with E-state index in [2.05, 4.69) is 39.8 Å². The minimum absolute atomic E-state index is 0.911. The Morgan fingerprint density at radius 1 is 0.462 bits per heavy atom. The van der Waals surface area contributed by atoms with Gasteiger partial charge >= 0.3 is 0 Å². The van der Waals surface area contributed by atoms with Gasteiger partial charge in [0.05, 0.1) is 0 Å². The van der Waals surface area contributed by atoms with Gasteiger partial charge in [0.25, 0.3) is 0 Å². The minimum atomic E-state index is 0.911. The highest BCUT2D eigenvalue weighted by molar-refractivity contribution is 4.81. The first-order chi connectivity index (χ1) is 12.7. The third kappa shape index (κ3) is 20.1. The van der Waals surface area contributed by atoms with Crippen LogP contribution < -0.4 is 0 Å². The van der Waals surface area contributed by atoms with Gasteiger partial charge in [-0.2, -0.15) is 0 Å². The monoisotopic (exact) mass is 364 g/mol. The normalized spacial score (nSPS) is 14.2. The molecular formula is C26H52. The van der Waals surface area contributed by atoms with Crippen LogP contribution in [-0.4, -0.2) is 0 Å². The maximum Gasteiger partial charge on any atom is -0.0348 e. The zero-order valence-corrected chi connectivity index (χ0v) is 19.0. The van der Waals surface area contributed by atoms with Crippen LogP contribution in [0.25, 0.3) is 0 Å². The van der Waals surface area contributed by atoms with Crippen molar-refractivity contribution in [3.05, 3.63) is 12.2 Å². The second-order valence-corrected chi connectivity index (χ2v) is 8.95. The average Bonchev–Trinajstić information content (AvgIpc) is 2.62. The van der Waals surface area contributed by atoms with E-state index in [0.717, 1.165) is 11.8 Å². The van der Waals surface area contributed by atoms with Crippen molar-refractivity contribution in [3.63, 3.8) is 0 Å². The molecule has 0 saturated heterocycles. The molecule has 0 heteroatoms.